The zero-order chi connectivity index (χ0) is 17.1. The summed E-state index contributed by atoms with van der Waals surface area (Å²) in [5.41, 5.74) is 1.07. The number of nitro benzene ring substituents is 1. The van der Waals surface area contributed by atoms with Crippen LogP contribution in [0.3, 0.4) is 0 Å². The Bertz CT molecular complexity index is 892. The van der Waals surface area contributed by atoms with Crippen LogP contribution in [0.15, 0.2) is 47.3 Å². The number of hydrogen-bond acceptors (Lipinski definition) is 5. The van der Waals surface area contributed by atoms with Gasteiger partial charge in [-0.05, 0) is 28.5 Å². The fourth-order valence-electron chi connectivity index (χ4n) is 2.11. The third-order valence-electron chi connectivity index (χ3n) is 3.28. The first-order chi connectivity index (χ1) is 11.5. The number of amides is 1. The Balaban J connectivity index is 1.78. The number of thiophene rings is 1. The van der Waals surface area contributed by atoms with E-state index in [-0.39, 0.29) is 16.3 Å². The molecule has 2 aromatic heterocycles. The molecule has 24 heavy (non-hydrogen) atoms. The third kappa shape index (κ3) is 3.44. The molecule has 0 radical (unpaired) electrons. The van der Waals surface area contributed by atoms with E-state index in [1.807, 2.05) is 16.8 Å². The molecule has 0 atom stereocenters. The molecule has 7 nitrogen and oxygen atoms in total. The second-order valence-corrected chi connectivity index (χ2v) is 6.07. The molecule has 0 aliphatic heterocycles. The molecule has 3 rings (SSSR count). The molecule has 122 valence electrons. The number of rotatable bonds is 5. The van der Waals surface area contributed by atoms with Gasteiger partial charge in [-0.15, -0.1) is 0 Å². The van der Waals surface area contributed by atoms with Gasteiger partial charge >= 0.3 is 0 Å². The number of carbonyl (C=O) groups excluding carboxylic acids is 1. The van der Waals surface area contributed by atoms with E-state index in [0.29, 0.717) is 12.4 Å². The molecule has 0 aliphatic rings. The van der Waals surface area contributed by atoms with Crippen molar-refractivity contribution in [1.29, 1.82) is 0 Å². The van der Waals surface area contributed by atoms with Gasteiger partial charge in [-0.3, -0.25) is 14.9 Å². The third-order valence-corrected chi connectivity index (χ3v) is 4.32. The number of aromatic nitrogens is 2. The van der Waals surface area contributed by atoms with Crippen molar-refractivity contribution in [3.8, 4) is 0 Å². The summed E-state index contributed by atoms with van der Waals surface area (Å²) in [6, 6.07) is 7.37. The van der Waals surface area contributed by atoms with E-state index in [0.717, 1.165) is 11.6 Å². The number of nitrogens with zero attached hydrogens (tertiary/aromatic N) is 3. The van der Waals surface area contributed by atoms with E-state index >= 15 is 0 Å². The van der Waals surface area contributed by atoms with Gasteiger partial charge in [0.2, 0.25) is 0 Å². The van der Waals surface area contributed by atoms with Crippen LogP contribution in [-0.4, -0.2) is 20.6 Å². The summed E-state index contributed by atoms with van der Waals surface area (Å²) in [6.45, 7) is 0.528. The van der Waals surface area contributed by atoms with Gasteiger partial charge in [-0.2, -0.15) is 16.4 Å². The topological polar surface area (TPSA) is 90.1 Å². The normalized spacial score (nSPS) is 10.5. The molecule has 0 bridgehead atoms. The molecule has 0 fully saturated rings. The van der Waals surface area contributed by atoms with Crippen LogP contribution in [0.2, 0.25) is 5.02 Å². The largest absolute Gasteiger partial charge is 0.307 e. The number of nitro groups is 1. The molecule has 2 heterocycles. The molecule has 9 heteroatoms. The lowest BCUT2D eigenvalue weighted by Gasteiger charge is -2.09. The number of halogens is 1. The smallest absolute Gasteiger partial charge is 0.270 e. The summed E-state index contributed by atoms with van der Waals surface area (Å²) in [6.07, 6.45) is 1.58. The van der Waals surface area contributed by atoms with Crippen LogP contribution in [0, 0.1) is 10.1 Å². The van der Waals surface area contributed by atoms with Crippen molar-refractivity contribution in [1.82, 2.24) is 9.78 Å². The second-order valence-electron chi connectivity index (χ2n) is 4.88. The number of hydrogen-bond donors (Lipinski definition) is 1. The molecule has 0 unspecified atom stereocenters. The van der Waals surface area contributed by atoms with Gasteiger partial charge in [0.15, 0.2) is 0 Å². The highest BCUT2D eigenvalue weighted by Gasteiger charge is 2.16. The minimum Gasteiger partial charge on any atom is -0.307 e. The molecule has 1 aromatic carbocycles. The molecule has 0 aliphatic carbocycles. The highest BCUT2D eigenvalue weighted by Crippen LogP contribution is 2.23. The summed E-state index contributed by atoms with van der Waals surface area (Å²) < 4.78 is 1.65. The number of anilines is 1. The molecular weight excluding hydrogens is 352 g/mol. The first-order valence-electron chi connectivity index (χ1n) is 6.83. The van der Waals surface area contributed by atoms with Gasteiger partial charge < -0.3 is 5.32 Å². The zero-order valence-corrected chi connectivity index (χ0v) is 13.8. The average Bonchev–Trinajstić information content (AvgIpc) is 3.20. The Morgan fingerprint density at radius 3 is 2.88 bits per heavy atom. The predicted octanol–water partition coefficient (Wildman–Crippen LogP) is 3.81. The van der Waals surface area contributed by atoms with Gasteiger partial charge in [0.1, 0.15) is 5.82 Å². The molecule has 0 spiro atoms. The molecule has 1 N–H and O–H groups in total. The number of nitrogens with one attached hydrogen (secondary N) is 1. The Morgan fingerprint density at radius 1 is 1.38 bits per heavy atom. The maximum absolute atomic E-state index is 12.4. The fraction of sp³-hybridized carbons (Fsp3) is 0.0667. The maximum atomic E-state index is 12.4. The van der Waals surface area contributed by atoms with E-state index in [4.69, 9.17) is 11.6 Å². The monoisotopic (exact) mass is 362 g/mol. The average molecular weight is 363 g/mol. The van der Waals surface area contributed by atoms with Crippen molar-refractivity contribution in [2.45, 2.75) is 6.54 Å². The van der Waals surface area contributed by atoms with Crippen molar-refractivity contribution in [2.75, 3.05) is 5.32 Å². The Kier molecular flexibility index (Phi) is 4.59. The fourth-order valence-corrected chi connectivity index (χ4v) is 3.03. The van der Waals surface area contributed by atoms with Crippen molar-refractivity contribution >= 4 is 40.4 Å². The van der Waals surface area contributed by atoms with Crippen molar-refractivity contribution < 1.29 is 9.72 Å². The van der Waals surface area contributed by atoms with E-state index in [1.165, 1.54) is 12.1 Å². The van der Waals surface area contributed by atoms with Crippen LogP contribution in [0.5, 0.6) is 0 Å². The first-order valence-corrected chi connectivity index (χ1v) is 8.15. The van der Waals surface area contributed by atoms with Crippen LogP contribution >= 0.6 is 22.9 Å². The minimum atomic E-state index is -0.566. The lowest BCUT2D eigenvalue weighted by atomic mass is 10.2. The highest BCUT2D eigenvalue weighted by molar-refractivity contribution is 7.07. The molecular formula is C15H11ClN4O3S. The van der Waals surface area contributed by atoms with Gasteiger partial charge in [-0.1, -0.05) is 11.6 Å². The Labute approximate surface area is 145 Å². The summed E-state index contributed by atoms with van der Waals surface area (Å²) in [7, 11) is 0. The SMILES string of the molecule is O=C(Nc1ccnn1Cc1ccsc1)c1ccc([N+](=O)[O-])cc1Cl. The van der Waals surface area contributed by atoms with Crippen LogP contribution < -0.4 is 5.32 Å². The number of benzene rings is 1. The Hall–Kier alpha value is -2.71. The van der Waals surface area contributed by atoms with Crippen LogP contribution in [0.1, 0.15) is 15.9 Å². The van der Waals surface area contributed by atoms with Crippen molar-refractivity contribution in [3.05, 3.63) is 73.6 Å². The molecule has 0 saturated carbocycles. The highest BCUT2D eigenvalue weighted by atomic mass is 35.5. The summed E-state index contributed by atoms with van der Waals surface area (Å²) in [5, 5.41) is 21.6. The first kappa shape index (κ1) is 16.2. The maximum Gasteiger partial charge on any atom is 0.270 e. The van der Waals surface area contributed by atoms with Crippen LogP contribution in [0.4, 0.5) is 11.5 Å². The lowest BCUT2D eigenvalue weighted by Crippen LogP contribution is -2.16. The predicted molar refractivity (Wildman–Crippen MR) is 91.7 cm³/mol. The van der Waals surface area contributed by atoms with Crippen LogP contribution in [0.25, 0.3) is 0 Å². The zero-order valence-electron chi connectivity index (χ0n) is 12.2. The standard InChI is InChI=1S/C15H11ClN4O3S/c16-13-7-11(20(22)23)1-2-12(13)15(21)18-14-3-5-17-19(14)8-10-4-6-24-9-10/h1-7,9H,8H2,(H,18,21). The van der Waals surface area contributed by atoms with Gasteiger partial charge in [-0.25, -0.2) is 4.68 Å². The summed E-state index contributed by atoms with van der Waals surface area (Å²) in [5.74, 6) is 0.0580. The van der Waals surface area contributed by atoms with Gasteiger partial charge in [0.25, 0.3) is 11.6 Å². The second kappa shape index (κ2) is 6.81. The van der Waals surface area contributed by atoms with E-state index in [2.05, 4.69) is 10.4 Å². The summed E-state index contributed by atoms with van der Waals surface area (Å²) in [4.78, 5) is 22.5. The van der Waals surface area contributed by atoms with E-state index in [9.17, 15) is 14.9 Å². The molecule has 3 aromatic rings. The quantitative estimate of drug-likeness (QED) is 0.552. The van der Waals surface area contributed by atoms with Gasteiger partial charge in [0, 0.05) is 18.2 Å². The van der Waals surface area contributed by atoms with Crippen molar-refractivity contribution in [3.63, 3.8) is 0 Å². The number of non-ortho nitro benzene ring substituents is 1. The molecule has 0 saturated heterocycles. The van der Waals surface area contributed by atoms with Gasteiger partial charge in [0.05, 0.1) is 28.3 Å². The molecule has 1 amide bonds. The van der Waals surface area contributed by atoms with E-state index < -0.39 is 10.8 Å². The lowest BCUT2D eigenvalue weighted by molar-refractivity contribution is -0.384. The Morgan fingerprint density at radius 2 is 2.21 bits per heavy atom. The minimum absolute atomic E-state index is 0.0191. The van der Waals surface area contributed by atoms with E-state index in [1.54, 1.807) is 28.3 Å². The number of carbonyl (C=O) groups is 1. The summed E-state index contributed by atoms with van der Waals surface area (Å²) >= 11 is 7.56. The van der Waals surface area contributed by atoms with Crippen molar-refractivity contribution in [2.24, 2.45) is 0 Å². The van der Waals surface area contributed by atoms with Crippen LogP contribution in [-0.2, 0) is 6.54 Å².